The fourth-order valence-electron chi connectivity index (χ4n) is 3.85. The first-order valence-corrected chi connectivity index (χ1v) is 10.9. The van der Waals surface area contributed by atoms with Gasteiger partial charge in [0.2, 0.25) is 11.4 Å². The zero-order valence-electron chi connectivity index (χ0n) is 17.3. The van der Waals surface area contributed by atoms with Crippen LogP contribution in [0, 0.1) is 0 Å². The van der Waals surface area contributed by atoms with Crippen LogP contribution in [0.4, 0.5) is 0 Å². The highest BCUT2D eigenvalue weighted by molar-refractivity contribution is 7.98. The molecule has 158 valence electrons. The second-order valence-corrected chi connectivity index (χ2v) is 7.91. The zero-order chi connectivity index (χ0) is 21.7. The summed E-state index contributed by atoms with van der Waals surface area (Å²) < 4.78 is 10.7. The number of benzene rings is 2. The van der Waals surface area contributed by atoms with E-state index in [4.69, 9.17) is 9.47 Å². The summed E-state index contributed by atoms with van der Waals surface area (Å²) in [6.45, 7) is 4.71. The first-order valence-electron chi connectivity index (χ1n) is 9.88. The van der Waals surface area contributed by atoms with E-state index in [1.807, 2.05) is 48.5 Å². The van der Waals surface area contributed by atoms with Crippen molar-refractivity contribution in [2.24, 2.45) is 0 Å². The summed E-state index contributed by atoms with van der Waals surface area (Å²) in [5.41, 5.74) is 0.480. The highest BCUT2D eigenvalue weighted by atomic mass is 32.2. The lowest BCUT2D eigenvalue weighted by Crippen LogP contribution is -2.64. The van der Waals surface area contributed by atoms with E-state index >= 15 is 0 Å². The third-order valence-electron chi connectivity index (χ3n) is 4.98. The zero-order valence-corrected chi connectivity index (χ0v) is 18.1. The second-order valence-electron chi connectivity index (χ2n) is 6.89. The SMILES string of the molecule is CCOC(=O)C(NC(C)=O)(C(=O)OCC)C1c2ccccc2CSc2ccccc21. The van der Waals surface area contributed by atoms with Gasteiger partial charge in [-0.2, -0.15) is 0 Å². The molecule has 1 atom stereocenters. The van der Waals surface area contributed by atoms with Gasteiger partial charge in [-0.05, 0) is 36.6 Å². The van der Waals surface area contributed by atoms with Crippen molar-refractivity contribution in [2.45, 2.75) is 42.9 Å². The minimum absolute atomic E-state index is 0.0599. The molecule has 3 rings (SSSR count). The van der Waals surface area contributed by atoms with Gasteiger partial charge in [0.05, 0.1) is 19.1 Å². The quantitative estimate of drug-likeness (QED) is 0.562. The maximum atomic E-state index is 13.4. The van der Waals surface area contributed by atoms with E-state index in [0.717, 1.165) is 21.6 Å². The first-order chi connectivity index (χ1) is 14.5. The summed E-state index contributed by atoms with van der Waals surface area (Å²) in [7, 11) is 0. The summed E-state index contributed by atoms with van der Waals surface area (Å²) >= 11 is 1.62. The van der Waals surface area contributed by atoms with Gasteiger partial charge in [0.15, 0.2) is 0 Å². The van der Waals surface area contributed by atoms with Crippen LogP contribution in [-0.4, -0.2) is 36.6 Å². The van der Waals surface area contributed by atoms with Crippen LogP contribution in [0.5, 0.6) is 0 Å². The van der Waals surface area contributed by atoms with Crippen LogP contribution < -0.4 is 5.32 Å². The van der Waals surface area contributed by atoms with Crippen molar-refractivity contribution >= 4 is 29.6 Å². The number of carbonyl (C=O) groups excluding carboxylic acids is 3. The molecule has 0 aliphatic carbocycles. The lowest BCUT2D eigenvalue weighted by atomic mass is 9.73. The maximum Gasteiger partial charge on any atom is 0.344 e. The van der Waals surface area contributed by atoms with Crippen molar-refractivity contribution in [1.29, 1.82) is 0 Å². The Morgan fingerprint density at radius 1 is 0.967 bits per heavy atom. The van der Waals surface area contributed by atoms with Gasteiger partial charge in [-0.1, -0.05) is 42.5 Å². The predicted molar refractivity (Wildman–Crippen MR) is 114 cm³/mol. The summed E-state index contributed by atoms with van der Waals surface area (Å²) in [5, 5.41) is 2.64. The maximum absolute atomic E-state index is 13.4. The monoisotopic (exact) mass is 427 g/mol. The van der Waals surface area contributed by atoms with Gasteiger partial charge in [0, 0.05) is 17.6 Å². The number of amides is 1. The normalized spacial score (nSPS) is 15.2. The number of hydrogen-bond donors (Lipinski definition) is 1. The van der Waals surface area contributed by atoms with Gasteiger partial charge in [-0.25, -0.2) is 9.59 Å². The molecule has 0 bridgehead atoms. The molecule has 1 amide bonds. The van der Waals surface area contributed by atoms with Gasteiger partial charge in [0.1, 0.15) is 0 Å². The molecule has 0 fully saturated rings. The molecular formula is C23H25NO5S. The van der Waals surface area contributed by atoms with E-state index in [0.29, 0.717) is 5.75 Å². The standard InChI is InChI=1S/C23H25NO5S/c1-4-28-21(26)23(24-15(3)25,22(27)29-5-2)20-17-11-7-6-10-16(17)14-30-19-13-9-8-12-18(19)20/h6-13,20H,4-5,14H2,1-3H3,(H,24,25). The lowest BCUT2D eigenvalue weighted by Gasteiger charge is -2.37. The Bertz CT molecular complexity index is 893. The highest BCUT2D eigenvalue weighted by Crippen LogP contribution is 2.46. The molecule has 6 nitrogen and oxygen atoms in total. The average Bonchev–Trinajstić information content (AvgIpc) is 2.89. The van der Waals surface area contributed by atoms with Gasteiger partial charge in [-0.3, -0.25) is 4.79 Å². The molecule has 0 radical (unpaired) electrons. The summed E-state index contributed by atoms with van der Waals surface area (Å²) in [6, 6.07) is 15.2. The summed E-state index contributed by atoms with van der Waals surface area (Å²) in [5.74, 6) is -2.32. The third-order valence-corrected chi connectivity index (χ3v) is 6.12. The summed E-state index contributed by atoms with van der Waals surface area (Å²) in [6.07, 6.45) is 0. The summed E-state index contributed by atoms with van der Waals surface area (Å²) in [4.78, 5) is 40.0. The Morgan fingerprint density at radius 2 is 1.53 bits per heavy atom. The van der Waals surface area contributed by atoms with Crippen molar-refractivity contribution in [3.63, 3.8) is 0 Å². The van der Waals surface area contributed by atoms with E-state index in [2.05, 4.69) is 5.32 Å². The van der Waals surface area contributed by atoms with Crippen molar-refractivity contribution in [3.05, 3.63) is 65.2 Å². The molecule has 1 N–H and O–H groups in total. The van der Waals surface area contributed by atoms with E-state index in [-0.39, 0.29) is 13.2 Å². The molecule has 7 heteroatoms. The van der Waals surface area contributed by atoms with Crippen LogP contribution in [0.3, 0.4) is 0 Å². The molecule has 1 aliphatic heterocycles. The number of esters is 2. The Hall–Kier alpha value is -2.80. The molecule has 0 aromatic heterocycles. The molecule has 0 saturated heterocycles. The molecule has 1 aliphatic rings. The van der Waals surface area contributed by atoms with E-state index in [9.17, 15) is 14.4 Å². The molecular weight excluding hydrogens is 402 g/mol. The fourth-order valence-corrected chi connectivity index (χ4v) is 4.95. The number of rotatable bonds is 6. The van der Waals surface area contributed by atoms with Crippen LogP contribution in [0.15, 0.2) is 53.4 Å². The minimum Gasteiger partial charge on any atom is -0.464 e. The van der Waals surface area contributed by atoms with Crippen LogP contribution in [-0.2, 0) is 29.6 Å². The largest absolute Gasteiger partial charge is 0.464 e. The number of nitrogens with one attached hydrogen (secondary N) is 1. The number of fused-ring (bicyclic) bond motifs is 2. The van der Waals surface area contributed by atoms with Crippen molar-refractivity contribution in [2.75, 3.05) is 13.2 Å². The van der Waals surface area contributed by atoms with Gasteiger partial charge >= 0.3 is 11.9 Å². The molecule has 1 heterocycles. The van der Waals surface area contributed by atoms with E-state index in [1.54, 1.807) is 25.6 Å². The van der Waals surface area contributed by atoms with Crippen LogP contribution >= 0.6 is 11.8 Å². The Labute approximate surface area is 180 Å². The number of ether oxygens (including phenoxy) is 2. The van der Waals surface area contributed by atoms with Crippen molar-refractivity contribution in [3.8, 4) is 0 Å². The van der Waals surface area contributed by atoms with Crippen LogP contribution in [0.2, 0.25) is 0 Å². The van der Waals surface area contributed by atoms with Crippen molar-refractivity contribution in [1.82, 2.24) is 5.32 Å². The van der Waals surface area contributed by atoms with Crippen LogP contribution in [0.25, 0.3) is 0 Å². The van der Waals surface area contributed by atoms with Crippen molar-refractivity contribution < 1.29 is 23.9 Å². The molecule has 30 heavy (non-hydrogen) atoms. The fraction of sp³-hybridized carbons (Fsp3) is 0.348. The van der Waals surface area contributed by atoms with E-state index in [1.165, 1.54) is 6.92 Å². The van der Waals surface area contributed by atoms with Gasteiger partial charge in [0.25, 0.3) is 0 Å². The molecule has 2 aromatic rings. The van der Waals surface area contributed by atoms with Gasteiger partial charge < -0.3 is 14.8 Å². The Kier molecular flexibility index (Phi) is 6.82. The molecule has 0 saturated carbocycles. The third kappa shape index (κ3) is 3.94. The van der Waals surface area contributed by atoms with E-state index < -0.39 is 29.3 Å². The van der Waals surface area contributed by atoms with Crippen LogP contribution in [0.1, 0.15) is 43.4 Å². The predicted octanol–water partition coefficient (Wildman–Crippen LogP) is 3.43. The number of thioether (sulfide) groups is 1. The topological polar surface area (TPSA) is 81.7 Å². The number of carbonyl (C=O) groups is 3. The van der Waals surface area contributed by atoms with Gasteiger partial charge in [-0.15, -0.1) is 11.8 Å². The second kappa shape index (κ2) is 9.34. The Balaban J connectivity index is 2.37. The molecule has 1 unspecified atom stereocenters. The Morgan fingerprint density at radius 3 is 2.13 bits per heavy atom. The number of hydrogen-bond acceptors (Lipinski definition) is 6. The first kappa shape index (κ1) is 21.9. The average molecular weight is 428 g/mol. The lowest BCUT2D eigenvalue weighted by molar-refractivity contribution is -0.169. The molecule has 0 spiro atoms. The smallest absolute Gasteiger partial charge is 0.344 e. The minimum atomic E-state index is -2.05. The highest BCUT2D eigenvalue weighted by Gasteiger charge is 2.58. The molecule has 2 aromatic carbocycles.